The normalized spacial score (nSPS) is 13.4. The van der Waals surface area contributed by atoms with Crippen LogP contribution in [0.25, 0.3) is 0 Å². The van der Waals surface area contributed by atoms with Crippen LogP contribution in [0.4, 0.5) is 10.5 Å². The monoisotopic (exact) mass is 320 g/mol. The zero-order valence-corrected chi connectivity index (χ0v) is 13.4. The number of urea groups is 1. The minimum absolute atomic E-state index is 0.0368. The summed E-state index contributed by atoms with van der Waals surface area (Å²) < 4.78 is 5.26. The summed E-state index contributed by atoms with van der Waals surface area (Å²) in [5.74, 6) is 0. The molecule has 0 radical (unpaired) electrons. The highest BCUT2D eigenvalue weighted by molar-refractivity contribution is 7.07. The zero-order valence-electron chi connectivity index (χ0n) is 12.6. The molecule has 118 valence electrons. The molecular weight excluding hydrogens is 300 g/mol. The van der Waals surface area contributed by atoms with Gasteiger partial charge in [-0.1, -0.05) is 12.1 Å². The number of ether oxygens (including phenoxy) is 1. The van der Waals surface area contributed by atoms with Gasteiger partial charge in [0.2, 0.25) is 0 Å². The maximum atomic E-state index is 11.9. The molecule has 0 spiro atoms. The summed E-state index contributed by atoms with van der Waals surface area (Å²) in [6, 6.07) is 8.96. The lowest BCUT2D eigenvalue weighted by molar-refractivity contribution is 0.119. The lowest BCUT2D eigenvalue weighted by Crippen LogP contribution is -2.32. The fourth-order valence-electron chi connectivity index (χ4n) is 1.95. The first-order chi connectivity index (χ1) is 10.6. The molecule has 22 heavy (non-hydrogen) atoms. The van der Waals surface area contributed by atoms with Crippen LogP contribution in [0.5, 0.6) is 0 Å². The number of rotatable bonds is 6. The summed E-state index contributed by atoms with van der Waals surface area (Å²) in [5.41, 5.74) is 2.48. The predicted octanol–water partition coefficient (Wildman–Crippen LogP) is 3.31. The summed E-state index contributed by atoms with van der Waals surface area (Å²) in [7, 11) is 1.64. The van der Waals surface area contributed by atoms with Crippen molar-refractivity contribution in [3.63, 3.8) is 0 Å². The van der Waals surface area contributed by atoms with E-state index in [1.165, 1.54) is 11.3 Å². The Hall–Kier alpha value is -1.89. The number of anilines is 1. The van der Waals surface area contributed by atoms with Crippen molar-refractivity contribution in [3.05, 3.63) is 52.2 Å². The van der Waals surface area contributed by atoms with Gasteiger partial charge in [-0.15, -0.1) is 0 Å². The number of amides is 2. The summed E-state index contributed by atoms with van der Waals surface area (Å²) in [4.78, 5) is 11.9. The van der Waals surface area contributed by atoms with Crippen LogP contribution < -0.4 is 10.6 Å². The highest BCUT2D eigenvalue weighted by atomic mass is 32.1. The van der Waals surface area contributed by atoms with Crippen molar-refractivity contribution in [2.24, 2.45) is 0 Å². The molecule has 0 bridgehead atoms. The molecule has 0 aliphatic heterocycles. The average Bonchev–Trinajstić information content (AvgIpc) is 3.06. The fraction of sp³-hybridized carbons (Fsp3) is 0.312. The van der Waals surface area contributed by atoms with Gasteiger partial charge >= 0.3 is 6.03 Å². The Morgan fingerprint density at radius 1 is 1.36 bits per heavy atom. The van der Waals surface area contributed by atoms with E-state index < -0.39 is 6.10 Å². The van der Waals surface area contributed by atoms with Crippen LogP contribution in [0, 0.1) is 0 Å². The molecular formula is C16H20N2O3S. The summed E-state index contributed by atoms with van der Waals surface area (Å²) in [6.45, 7) is 2.10. The Morgan fingerprint density at radius 3 is 2.86 bits per heavy atom. The molecule has 5 nitrogen and oxygen atoms in total. The molecule has 2 atom stereocenters. The number of aliphatic hydroxyl groups is 1. The Labute approximate surface area is 133 Å². The Balaban J connectivity index is 1.87. The second-order valence-corrected chi connectivity index (χ2v) is 5.69. The van der Waals surface area contributed by atoms with Gasteiger partial charge in [0.15, 0.2) is 0 Å². The Morgan fingerprint density at radius 2 is 2.18 bits per heavy atom. The summed E-state index contributed by atoms with van der Waals surface area (Å²) >= 11 is 1.51. The minimum Gasteiger partial charge on any atom is -0.387 e. The zero-order chi connectivity index (χ0) is 15.9. The molecule has 2 aromatic rings. The van der Waals surface area contributed by atoms with Gasteiger partial charge < -0.3 is 20.5 Å². The van der Waals surface area contributed by atoms with Crippen molar-refractivity contribution in [3.8, 4) is 0 Å². The molecule has 0 saturated carbocycles. The van der Waals surface area contributed by atoms with Gasteiger partial charge in [0.1, 0.15) is 0 Å². The van der Waals surface area contributed by atoms with Crippen molar-refractivity contribution in [1.82, 2.24) is 5.32 Å². The predicted molar refractivity (Wildman–Crippen MR) is 88.2 cm³/mol. The first-order valence-electron chi connectivity index (χ1n) is 6.98. The third-order valence-corrected chi connectivity index (χ3v) is 4.05. The molecule has 6 heteroatoms. The number of carbonyl (C=O) groups excluding carboxylic acids is 1. The van der Waals surface area contributed by atoms with E-state index in [1.54, 1.807) is 13.2 Å². The second-order valence-electron chi connectivity index (χ2n) is 4.91. The first-order valence-corrected chi connectivity index (χ1v) is 7.92. The molecule has 0 aliphatic carbocycles. The maximum absolute atomic E-state index is 11.9. The molecule has 0 saturated heterocycles. The fourth-order valence-corrected chi connectivity index (χ4v) is 2.66. The molecule has 1 aromatic carbocycles. The van der Waals surface area contributed by atoms with E-state index in [0.717, 1.165) is 11.1 Å². The van der Waals surface area contributed by atoms with Gasteiger partial charge in [-0.2, -0.15) is 11.3 Å². The van der Waals surface area contributed by atoms with Crippen molar-refractivity contribution in [1.29, 1.82) is 0 Å². The van der Waals surface area contributed by atoms with Crippen LogP contribution in [0.15, 0.2) is 41.1 Å². The van der Waals surface area contributed by atoms with Crippen molar-refractivity contribution < 1.29 is 14.6 Å². The van der Waals surface area contributed by atoms with Gasteiger partial charge in [0.25, 0.3) is 0 Å². The summed E-state index contributed by atoms with van der Waals surface area (Å²) in [5, 5.41) is 19.1. The number of carbonyl (C=O) groups is 1. The van der Waals surface area contributed by atoms with E-state index >= 15 is 0 Å². The van der Waals surface area contributed by atoms with Crippen LogP contribution in [0.2, 0.25) is 0 Å². The number of hydrogen-bond donors (Lipinski definition) is 3. The highest BCUT2D eigenvalue weighted by Gasteiger charge is 2.10. The van der Waals surface area contributed by atoms with Gasteiger partial charge in [0.05, 0.1) is 12.2 Å². The number of aliphatic hydroxyl groups excluding tert-OH is 1. The van der Waals surface area contributed by atoms with E-state index in [2.05, 4.69) is 10.6 Å². The number of methoxy groups -OCH3 is 1. The van der Waals surface area contributed by atoms with Crippen LogP contribution in [0.3, 0.4) is 0 Å². The smallest absolute Gasteiger partial charge is 0.319 e. The molecule has 2 rings (SSSR count). The van der Waals surface area contributed by atoms with Crippen LogP contribution in [-0.2, 0) is 4.74 Å². The van der Waals surface area contributed by atoms with E-state index in [0.29, 0.717) is 5.69 Å². The minimum atomic E-state index is -0.697. The van der Waals surface area contributed by atoms with E-state index in [4.69, 9.17) is 4.74 Å². The molecule has 1 aromatic heterocycles. The average molecular weight is 320 g/mol. The van der Waals surface area contributed by atoms with E-state index in [9.17, 15) is 9.90 Å². The molecule has 0 aliphatic rings. The third-order valence-electron chi connectivity index (χ3n) is 3.35. The van der Waals surface area contributed by atoms with Crippen molar-refractivity contribution in [2.45, 2.75) is 19.1 Å². The van der Waals surface area contributed by atoms with Gasteiger partial charge in [-0.25, -0.2) is 4.79 Å². The van der Waals surface area contributed by atoms with Crippen LogP contribution in [-0.4, -0.2) is 24.8 Å². The Bertz CT molecular complexity index is 601. The lowest BCUT2D eigenvalue weighted by atomic mass is 10.1. The van der Waals surface area contributed by atoms with Gasteiger partial charge in [0, 0.05) is 19.3 Å². The summed E-state index contributed by atoms with van der Waals surface area (Å²) in [6.07, 6.45) is -0.734. The number of thiophene rings is 1. The first kappa shape index (κ1) is 16.5. The van der Waals surface area contributed by atoms with Crippen LogP contribution in [0.1, 0.15) is 30.3 Å². The van der Waals surface area contributed by atoms with Crippen molar-refractivity contribution >= 4 is 23.1 Å². The highest BCUT2D eigenvalue weighted by Crippen LogP contribution is 2.19. The van der Waals surface area contributed by atoms with Crippen LogP contribution >= 0.6 is 11.3 Å². The van der Waals surface area contributed by atoms with Gasteiger partial charge in [-0.3, -0.25) is 0 Å². The van der Waals surface area contributed by atoms with E-state index in [1.807, 2.05) is 41.9 Å². The quantitative estimate of drug-likeness (QED) is 0.765. The maximum Gasteiger partial charge on any atom is 0.319 e. The molecule has 2 unspecified atom stereocenters. The largest absolute Gasteiger partial charge is 0.387 e. The topological polar surface area (TPSA) is 70.6 Å². The molecule has 1 heterocycles. The third kappa shape index (κ3) is 4.56. The molecule has 3 N–H and O–H groups in total. The van der Waals surface area contributed by atoms with E-state index in [-0.39, 0.29) is 18.7 Å². The number of benzene rings is 1. The molecule has 2 amide bonds. The Kier molecular flexibility index (Phi) is 5.94. The number of nitrogens with one attached hydrogen (secondary N) is 2. The SMILES string of the molecule is COC(C)c1cccc(NC(=O)NCC(O)c2ccsc2)c1. The van der Waals surface area contributed by atoms with Crippen molar-refractivity contribution in [2.75, 3.05) is 19.0 Å². The molecule has 0 fully saturated rings. The second kappa shape index (κ2) is 7.93. The lowest BCUT2D eigenvalue weighted by Gasteiger charge is -2.14. The van der Waals surface area contributed by atoms with Gasteiger partial charge in [-0.05, 0) is 47.0 Å². The number of hydrogen-bond acceptors (Lipinski definition) is 4. The standard InChI is InChI=1S/C16H20N2O3S/c1-11(21-2)12-4-3-5-14(8-12)18-16(20)17-9-15(19)13-6-7-22-10-13/h3-8,10-11,15,19H,9H2,1-2H3,(H2,17,18,20).